The van der Waals surface area contributed by atoms with E-state index in [-0.39, 0.29) is 23.5 Å². The van der Waals surface area contributed by atoms with Crippen LogP contribution in [0.4, 0.5) is 5.69 Å². The molecule has 2 N–H and O–H groups in total. The molecule has 1 aromatic carbocycles. The number of hydrogen-bond donors (Lipinski definition) is 2. The third-order valence-corrected chi connectivity index (χ3v) is 4.57. The summed E-state index contributed by atoms with van der Waals surface area (Å²) >= 11 is 0. The normalized spacial score (nSPS) is 20.3. The molecule has 0 atom stereocenters. The zero-order chi connectivity index (χ0) is 19.5. The van der Waals surface area contributed by atoms with Crippen molar-refractivity contribution >= 4 is 23.2 Å². The summed E-state index contributed by atoms with van der Waals surface area (Å²) in [6.07, 6.45) is 3.10. The topological polar surface area (TPSA) is 75.6 Å². The third kappa shape index (κ3) is 5.35. The van der Waals surface area contributed by atoms with Gasteiger partial charge in [-0.3, -0.25) is 4.79 Å². The number of allylic oxidation sites excluding steroid dienone is 1. The summed E-state index contributed by atoms with van der Waals surface area (Å²) in [4.78, 5) is 23.7. The molecule has 0 spiro atoms. The minimum atomic E-state index is -0.955. The van der Waals surface area contributed by atoms with Crippen LogP contribution in [0.15, 0.2) is 24.8 Å². The van der Waals surface area contributed by atoms with Gasteiger partial charge in [0.15, 0.2) is 0 Å². The highest BCUT2D eigenvalue weighted by Gasteiger charge is 2.30. The Hall–Kier alpha value is -2.30. The van der Waals surface area contributed by atoms with Crippen LogP contribution in [0.25, 0.3) is 5.57 Å². The van der Waals surface area contributed by atoms with Crippen LogP contribution in [0.2, 0.25) is 0 Å². The molecule has 5 nitrogen and oxygen atoms in total. The lowest BCUT2D eigenvalue weighted by atomic mass is 9.85. The number of aromatic carboxylic acids is 1. The molecule has 0 amide bonds. The molecule has 0 saturated heterocycles. The van der Waals surface area contributed by atoms with E-state index in [2.05, 4.69) is 11.9 Å². The molecule has 1 saturated carbocycles. The molecule has 26 heavy (non-hydrogen) atoms. The van der Waals surface area contributed by atoms with Crippen LogP contribution in [-0.4, -0.2) is 28.7 Å². The molecule has 0 aliphatic heterocycles. The summed E-state index contributed by atoms with van der Waals surface area (Å²) < 4.78 is 5.48. The first-order valence-electron chi connectivity index (χ1n) is 9.09. The quantitative estimate of drug-likeness (QED) is 0.743. The molecular weight excluding hydrogens is 330 g/mol. The molecular formula is C21H29NO4. The fraction of sp³-hybridized carbons (Fsp3) is 0.524. The number of carboxylic acid groups (broad SMARTS) is 1. The minimum absolute atomic E-state index is 0.0760. The van der Waals surface area contributed by atoms with E-state index in [1.807, 2.05) is 33.8 Å². The minimum Gasteiger partial charge on any atom is -0.478 e. The Morgan fingerprint density at radius 3 is 2.31 bits per heavy atom. The number of carbonyl (C=O) groups is 2. The Kier molecular flexibility index (Phi) is 6.11. The second kappa shape index (κ2) is 7.94. The van der Waals surface area contributed by atoms with E-state index in [0.717, 1.165) is 36.8 Å². The molecule has 1 aromatic rings. The second-order valence-electron chi connectivity index (χ2n) is 8.07. The van der Waals surface area contributed by atoms with Gasteiger partial charge in [0.2, 0.25) is 0 Å². The van der Waals surface area contributed by atoms with Crippen molar-refractivity contribution in [2.45, 2.75) is 65.0 Å². The van der Waals surface area contributed by atoms with Crippen LogP contribution in [0.5, 0.6) is 0 Å². The van der Waals surface area contributed by atoms with Gasteiger partial charge in [0.1, 0.15) is 5.60 Å². The summed E-state index contributed by atoms with van der Waals surface area (Å²) in [5.74, 6) is -1.16. The van der Waals surface area contributed by atoms with Crippen molar-refractivity contribution in [3.63, 3.8) is 0 Å². The first-order chi connectivity index (χ1) is 12.1. The molecule has 2 rings (SSSR count). The molecule has 1 aliphatic carbocycles. The number of rotatable bonds is 5. The van der Waals surface area contributed by atoms with Crippen molar-refractivity contribution in [3.05, 3.63) is 35.9 Å². The number of hydrogen-bond acceptors (Lipinski definition) is 4. The number of carbonyl (C=O) groups excluding carboxylic acids is 1. The highest BCUT2D eigenvalue weighted by Crippen LogP contribution is 2.30. The summed E-state index contributed by atoms with van der Waals surface area (Å²) in [5, 5.41) is 12.8. The highest BCUT2D eigenvalue weighted by molar-refractivity contribution is 5.95. The predicted molar refractivity (Wildman–Crippen MR) is 103 cm³/mol. The summed E-state index contributed by atoms with van der Waals surface area (Å²) in [6, 6.07) is 5.37. The van der Waals surface area contributed by atoms with Crippen LogP contribution in [0, 0.1) is 5.92 Å². The number of benzene rings is 1. The van der Waals surface area contributed by atoms with Crippen molar-refractivity contribution in [2.24, 2.45) is 5.92 Å². The van der Waals surface area contributed by atoms with Crippen LogP contribution < -0.4 is 5.32 Å². The number of carboxylic acids is 1. The maximum Gasteiger partial charge on any atom is 0.337 e. The van der Waals surface area contributed by atoms with Gasteiger partial charge in [0.05, 0.1) is 11.5 Å². The van der Waals surface area contributed by atoms with Gasteiger partial charge < -0.3 is 15.2 Å². The van der Waals surface area contributed by atoms with Crippen LogP contribution in [0.1, 0.15) is 69.3 Å². The molecule has 0 heterocycles. The smallest absolute Gasteiger partial charge is 0.337 e. The van der Waals surface area contributed by atoms with Gasteiger partial charge >= 0.3 is 11.9 Å². The number of nitrogens with one attached hydrogen (secondary N) is 1. The van der Waals surface area contributed by atoms with Gasteiger partial charge in [-0.25, -0.2) is 4.79 Å². The van der Waals surface area contributed by atoms with Gasteiger partial charge in [0, 0.05) is 11.7 Å². The Balaban J connectivity index is 2.03. The number of esters is 1. The monoisotopic (exact) mass is 359 g/mol. The molecule has 1 fully saturated rings. The molecule has 0 bridgehead atoms. The average molecular weight is 359 g/mol. The van der Waals surface area contributed by atoms with E-state index in [1.165, 1.54) is 0 Å². The van der Waals surface area contributed by atoms with E-state index >= 15 is 0 Å². The molecule has 142 valence electrons. The lowest BCUT2D eigenvalue weighted by Gasteiger charge is -2.31. The van der Waals surface area contributed by atoms with E-state index in [4.69, 9.17) is 4.74 Å². The summed E-state index contributed by atoms with van der Waals surface area (Å²) in [7, 11) is 0. The first-order valence-corrected chi connectivity index (χ1v) is 9.09. The average Bonchev–Trinajstić information content (AvgIpc) is 2.53. The van der Waals surface area contributed by atoms with Crippen molar-refractivity contribution in [1.29, 1.82) is 0 Å². The number of ether oxygens (including phenoxy) is 1. The predicted octanol–water partition coefficient (Wildman–Crippen LogP) is 4.73. The third-order valence-electron chi connectivity index (χ3n) is 4.57. The van der Waals surface area contributed by atoms with Gasteiger partial charge in [-0.15, -0.1) is 0 Å². The fourth-order valence-electron chi connectivity index (χ4n) is 3.19. The molecule has 0 radical (unpaired) electrons. The summed E-state index contributed by atoms with van der Waals surface area (Å²) in [5.41, 5.74) is 2.20. The van der Waals surface area contributed by atoms with Gasteiger partial charge in [0.25, 0.3) is 0 Å². The van der Waals surface area contributed by atoms with Crippen LogP contribution in [-0.2, 0) is 9.53 Å². The lowest BCUT2D eigenvalue weighted by Crippen LogP contribution is -2.34. The van der Waals surface area contributed by atoms with Gasteiger partial charge in [-0.2, -0.15) is 0 Å². The van der Waals surface area contributed by atoms with Crippen LogP contribution >= 0.6 is 0 Å². The van der Waals surface area contributed by atoms with Crippen molar-refractivity contribution in [2.75, 3.05) is 5.32 Å². The second-order valence-corrected chi connectivity index (χ2v) is 8.07. The standard InChI is InChI=1S/C21H29NO4/c1-13(2)15-8-11-17(19(23)24)18(12-15)22-16-9-6-14(7-10-16)20(25)26-21(3,4)5/h8,11-12,14,16,22H,1,6-7,9-10H2,2-5H3,(H,23,24). The number of anilines is 1. The Bertz CT molecular complexity index is 694. The van der Waals surface area contributed by atoms with E-state index in [0.29, 0.717) is 5.69 Å². The largest absolute Gasteiger partial charge is 0.478 e. The molecule has 5 heteroatoms. The van der Waals surface area contributed by atoms with Gasteiger partial charge in [-0.1, -0.05) is 18.2 Å². The van der Waals surface area contributed by atoms with Crippen molar-refractivity contribution in [1.82, 2.24) is 0 Å². The maximum absolute atomic E-state index is 12.2. The lowest BCUT2D eigenvalue weighted by molar-refractivity contribution is -0.161. The molecule has 1 aliphatic rings. The fourth-order valence-corrected chi connectivity index (χ4v) is 3.19. The molecule has 0 aromatic heterocycles. The van der Waals surface area contributed by atoms with E-state index in [1.54, 1.807) is 12.1 Å². The summed E-state index contributed by atoms with van der Waals surface area (Å²) in [6.45, 7) is 11.4. The van der Waals surface area contributed by atoms with Crippen molar-refractivity contribution in [3.8, 4) is 0 Å². The highest BCUT2D eigenvalue weighted by atomic mass is 16.6. The SMILES string of the molecule is C=C(C)c1ccc(C(=O)O)c(NC2CCC(C(=O)OC(C)(C)C)CC2)c1. The van der Waals surface area contributed by atoms with Crippen molar-refractivity contribution < 1.29 is 19.4 Å². The zero-order valence-corrected chi connectivity index (χ0v) is 16.1. The van der Waals surface area contributed by atoms with E-state index in [9.17, 15) is 14.7 Å². The van der Waals surface area contributed by atoms with Gasteiger partial charge in [-0.05, 0) is 71.1 Å². The first kappa shape index (κ1) is 20.0. The maximum atomic E-state index is 12.2. The Morgan fingerprint density at radius 1 is 1.19 bits per heavy atom. The zero-order valence-electron chi connectivity index (χ0n) is 16.1. The Labute approximate surface area is 155 Å². The van der Waals surface area contributed by atoms with Crippen LogP contribution in [0.3, 0.4) is 0 Å². The van der Waals surface area contributed by atoms with E-state index < -0.39 is 11.6 Å². The molecule has 0 unspecified atom stereocenters. The Morgan fingerprint density at radius 2 is 1.81 bits per heavy atom.